The van der Waals surface area contributed by atoms with Crippen LogP contribution in [0.5, 0.6) is 0 Å². The second-order valence-corrected chi connectivity index (χ2v) is 14.8. The van der Waals surface area contributed by atoms with E-state index in [0.717, 1.165) is 57.8 Å². The predicted molar refractivity (Wildman–Crippen MR) is 206 cm³/mol. The van der Waals surface area contributed by atoms with Crippen LogP contribution in [0.4, 0.5) is 0 Å². The van der Waals surface area contributed by atoms with Gasteiger partial charge in [-0.15, -0.1) is 0 Å². The van der Waals surface area contributed by atoms with Crippen LogP contribution in [0.25, 0.3) is 0 Å². The summed E-state index contributed by atoms with van der Waals surface area (Å²) in [6, 6.07) is 0. The van der Waals surface area contributed by atoms with Crippen molar-refractivity contribution < 1.29 is 49.8 Å². The molecular formula is C42H76O10. The molecule has 304 valence electrons. The lowest BCUT2D eigenvalue weighted by molar-refractivity contribution is -0.194. The van der Waals surface area contributed by atoms with E-state index in [0.29, 0.717) is 19.3 Å². The highest BCUT2D eigenvalue weighted by molar-refractivity contribution is 6.16. The van der Waals surface area contributed by atoms with Gasteiger partial charge in [0.05, 0.1) is 13.2 Å². The zero-order chi connectivity index (χ0) is 39.1. The molecule has 0 radical (unpaired) electrons. The summed E-state index contributed by atoms with van der Waals surface area (Å²) < 4.78 is 0. The van der Waals surface area contributed by atoms with Gasteiger partial charge in [-0.05, 0) is 38.5 Å². The van der Waals surface area contributed by atoms with Gasteiger partial charge in [0.2, 0.25) is 5.60 Å². The largest absolute Gasteiger partial charge is 0.394 e. The second kappa shape index (κ2) is 31.5. The van der Waals surface area contributed by atoms with E-state index in [4.69, 9.17) is 5.11 Å². The van der Waals surface area contributed by atoms with Crippen molar-refractivity contribution in [3.05, 3.63) is 12.2 Å². The highest BCUT2D eigenvalue weighted by Gasteiger charge is 2.62. The third kappa shape index (κ3) is 20.0. The molecule has 0 aliphatic rings. The van der Waals surface area contributed by atoms with Crippen LogP contribution < -0.4 is 0 Å². The van der Waals surface area contributed by atoms with Crippen molar-refractivity contribution in [3.63, 3.8) is 0 Å². The first kappa shape index (κ1) is 50.2. The van der Waals surface area contributed by atoms with Crippen molar-refractivity contribution in [2.45, 2.75) is 217 Å². The monoisotopic (exact) mass is 741 g/mol. The van der Waals surface area contributed by atoms with E-state index in [1.54, 1.807) is 0 Å². The molecule has 0 aromatic carbocycles. The number of hydrogen-bond acceptors (Lipinski definition) is 10. The van der Waals surface area contributed by atoms with Gasteiger partial charge in [0.25, 0.3) is 0 Å². The topological polar surface area (TPSA) is 190 Å². The van der Waals surface area contributed by atoms with Crippen molar-refractivity contribution in [2.75, 3.05) is 13.2 Å². The van der Waals surface area contributed by atoms with E-state index in [-0.39, 0.29) is 19.3 Å². The van der Waals surface area contributed by atoms with Gasteiger partial charge in [-0.25, -0.2) is 0 Å². The summed E-state index contributed by atoms with van der Waals surface area (Å²) in [5, 5.41) is 61.8. The number of ketones is 4. The van der Waals surface area contributed by atoms with Gasteiger partial charge in [-0.1, -0.05) is 142 Å². The summed E-state index contributed by atoms with van der Waals surface area (Å²) in [5.74, 6) is -4.49. The Morgan fingerprint density at radius 3 is 1.27 bits per heavy atom. The zero-order valence-corrected chi connectivity index (χ0v) is 32.8. The van der Waals surface area contributed by atoms with Gasteiger partial charge in [-0.2, -0.15) is 0 Å². The van der Waals surface area contributed by atoms with Gasteiger partial charge < -0.3 is 30.6 Å². The molecule has 0 aliphatic heterocycles. The molecule has 0 fully saturated rings. The highest BCUT2D eigenvalue weighted by atomic mass is 16.4. The van der Waals surface area contributed by atoms with Crippen molar-refractivity contribution in [3.8, 4) is 0 Å². The molecule has 0 aromatic heterocycles. The van der Waals surface area contributed by atoms with Crippen LogP contribution in [0, 0.1) is 0 Å². The first-order valence-electron chi connectivity index (χ1n) is 20.8. The minimum Gasteiger partial charge on any atom is -0.394 e. The summed E-state index contributed by atoms with van der Waals surface area (Å²) in [7, 11) is 0. The lowest BCUT2D eigenvalue weighted by Gasteiger charge is -2.39. The molecule has 0 bridgehead atoms. The van der Waals surface area contributed by atoms with E-state index in [1.807, 2.05) is 0 Å². The number of carbonyl (C=O) groups excluding carboxylic acids is 4. The average molecular weight is 741 g/mol. The minimum absolute atomic E-state index is 0.259. The molecule has 6 N–H and O–H groups in total. The van der Waals surface area contributed by atoms with Crippen molar-refractivity contribution >= 4 is 23.1 Å². The summed E-state index contributed by atoms with van der Waals surface area (Å²) in [6.07, 6.45) is 23.1. The molecule has 10 nitrogen and oxygen atoms in total. The van der Waals surface area contributed by atoms with Crippen molar-refractivity contribution in [1.82, 2.24) is 0 Å². The lowest BCUT2D eigenvalue weighted by Crippen LogP contribution is -2.69. The molecule has 0 spiro atoms. The number of Topliss-reactive ketones (excluding diaryl/α,β-unsaturated/α-hetero) is 4. The van der Waals surface area contributed by atoms with E-state index in [2.05, 4.69) is 26.0 Å². The fourth-order valence-electron chi connectivity index (χ4n) is 6.59. The van der Waals surface area contributed by atoms with E-state index in [9.17, 15) is 44.7 Å². The van der Waals surface area contributed by atoms with Crippen LogP contribution in [0.1, 0.15) is 194 Å². The number of aliphatic hydroxyl groups excluding tert-OH is 4. The molecule has 0 amide bonds. The van der Waals surface area contributed by atoms with Crippen LogP contribution in [0.15, 0.2) is 12.2 Å². The lowest BCUT2D eigenvalue weighted by atomic mass is 9.71. The summed E-state index contributed by atoms with van der Waals surface area (Å²) >= 11 is 0. The summed E-state index contributed by atoms with van der Waals surface area (Å²) in [4.78, 5) is 52.7. The van der Waals surface area contributed by atoms with E-state index in [1.165, 1.54) is 70.6 Å². The zero-order valence-electron chi connectivity index (χ0n) is 32.8. The van der Waals surface area contributed by atoms with E-state index < -0.39 is 72.6 Å². The number of carbonyl (C=O) groups is 4. The van der Waals surface area contributed by atoms with Gasteiger partial charge in [-0.3, -0.25) is 19.2 Å². The maximum absolute atomic E-state index is 13.5. The average Bonchev–Trinajstić information content (AvgIpc) is 3.15. The molecular weight excluding hydrogens is 664 g/mol. The van der Waals surface area contributed by atoms with Gasteiger partial charge in [0.1, 0.15) is 12.2 Å². The third-order valence-corrected chi connectivity index (χ3v) is 10.2. The Morgan fingerprint density at radius 2 is 0.865 bits per heavy atom. The maximum Gasteiger partial charge on any atom is 0.219 e. The SMILES string of the molecule is CCCCCCCC/C=C/CCCCCCCC(=O)C(O)(C(=O)CCC(=O)C(O)C(O)CO)C(O)(CO)C(=O)CCCCCCCCCCCCC. The molecule has 0 saturated heterocycles. The number of allylic oxidation sites excluding steroid dienone is 2. The normalized spacial score (nSPS) is 15.3. The van der Waals surface area contributed by atoms with Gasteiger partial charge in [0.15, 0.2) is 28.7 Å². The number of aliphatic hydroxyl groups is 6. The molecule has 0 rings (SSSR count). The first-order chi connectivity index (χ1) is 25.0. The molecule has 0 aromatic rings. The summed E-state index contributed by atoms with van der Waals surface area (Å²) in [5.41, 5.74) is -6.40. The standard InChI is InChI=1S/C42H76O10/c1-3-5-7-9-11-13-15-16-17-18-20-22-24-26-28-30-38(48)42(52,39(49)32-31-35(45)40(50)36(46)33-43)41(51,34-44)37(47)29-27-25-23-21-19-14-12-10-8-6-4-2/h16-17,36,40,43-44,46,50-52H,3-15,18-34H2,1-2H3/b17-16+. The maximum atomic E-state index is 13.5. The molecule has 4 atom stereocenters. The van der Waals surface area contributed by atoms with Gasteiger partial charge >= 0.3 is 0 Å². The number of hydrogen-bond donors (Lipinski definition) is 6. The van der Waals surface area contributed by atoms with Crippen LogP contribution in [0.2, 0.25) is 0 Å². The van der Waals surface area contributed by atoms with Crippen LogP contribution in [-0.2, 0) is 19.2 Å². The highest BCUT2D eigenvalue weighted by Crippen LogP contribution is 2.32. The Hall–Kier alpha value is -1.82. The van der Waals surface area contributed by atoms with Crippen molar-refractivity contribution in [2.24, 2.45) is 0 Å². The number of unbranched alkanes of at least 4 members (excludes halogenated alkanes) is 21. The Kier molecular flexibility index (Phi) is 30.4. The fraction of sp³-hybridized carbons (Fsp3) is 0.857. The van der Waals surface area contributed by atoms with Crippen LogP contribution in [0.3, 0.4) is 0 Å². The molecule has 0 saturated carbocycles. The Balaban J connectivity index is 5.16. The fourth-order valence-corrected chi connectivity index (χ4v) is 6.59. The Morgan fingerprint density at radius 1 is 0.500 bits per heavy atom. The molecule has 10 heteroatoms. The Labute approximate surface area is 314 Å². The van der Waals surface area contributed by atoms with Gasteiger partial charge in [0, 0.05) is 25.7 Å². The number of rotatable bonds is 38. The predicted octanol–water partition coefficient (Wildman–Crippen LogP) is 6.95. The van der Waals surface area contributed by atoms with E-state index >= 15 is 0 Å². The Bertz CT molecular complexity index is 982. The minimum atomic E-state index is -3.29. The quantitative estimate of drug-likeness (QED) is 0.0220. The molecule has 0 heterocycles. The summed E-state index contributed by atoms with van der Waals surface area (Å²) in [6.45, 7) is 2.13. The third-order valence-electron chi connectivity index (χ3n) is 10.2. The van der Waals surface area contributed by atoms with Crippen molar-refractivity contribution in [1.29, 1.82) is 0 Å². The molecule has 0 aliphatic carbocycles. The van der Waals surface area contributed by atoms with Crippen LogP contribution >= 0.6 is 0 Å². The first-order valence-corrected chi connectivity index (χ1v) is 20.8. The molecule has 52 heavy (non-hydrogen) atoms. The second-order valence-electron chi connectivity index (χ2n) is 14.8. The smallest absolute Gasteiger partial charge is 0.219 e. The molecule has 4 unspecified atom stereocenters. The van der Waals surface area contributed by atoms with Crippen LogP contribution in [-0.4, -0.2) is 90.4 Å².